The van der Waals surface area contributed by atoms with E-state index < -0.39 is 108 Å². The number of piperidine rings is 1. The van der Waals surface area contributed by atoms with E-state index >= 15 is 0 Å². The van der Waals surface area contributed by atoms with Crippen molar-refractivity contribution in [2.24, 2.45) is 5.41 Å². The Morgan fingerprint density at radius 2 is 1.67 bits per heavy atom. The lowest BCUT2D eigenvalue weighted by Crippen LogP contribution is -2.66. The Kier molecular flexibility index (Phi) is 15.5. The van der Waals surface area contributed by atoms with E-state index in [9.17, 15) is 66.3 Å². The SMILES string of the molecule is CC(C)(C)[C@H](NC(=O)c1cc2cc(C(F)(F)P(=O)(O)O)ccc2s1)C(=O)N1CCN(C(=O)CC(=O)NCCC#Cc2cccc3c2C(=O)N(C2CCC(=O)NC2=O)C3=O)C[C@H]1C(=O)N1CCOC(c2ccccc2)C1. The Bertz CT molecular complexity index is 3130. The number of hydrogen-bond donors (Lipinski definition) is 5. The molecule has 4 aromatic rings. The van der Waals surface area contributed by atoms with Gasteiger partial charge in [-0.3, -0.25) is 57.9 Å². The molecule has 24 heteroatoms. The van der Waals surface area contributed by atoms with Gasteiger partial charge in [0.1, 0.15) is 30.7 Å². The average Bonchev–Trinajstić information content (AvgIpc) is 3.92. The second-order valence-corrected chi connectivity index (χ2v) is 22.1. The molecule has 0 bridgehead atoms. The minimum atomic E-state index is -5.88. The van der Waals surface area contributed by atoms with Crippen molar-refractivity contribution in [1.29, 1.82) is 0 Å². The Morgan fingerprint density at radius 3 is 2.37 bits per heavy atom. The summed E-state index contributed by atoms with van der Waals surface area (Å²) in [5.74, 6) is -0.151. The quantitative estimate of drug-likeness (QED) is 0.0449. The third-order valence-electron chi connectivity index (χ3n) is 13.3. The monoisotopic (exact) mass is 1070 g/mol. The van der Waals surface area contributed by atoms with E-state index in [0.29, 0.717) is 4.70 Å². The van der Waals surface area contributed by atoms with Crippen molar-refractivity contribution in [3.8, 4) is 11.8 Å². The number of ether oxygens (including phenoxy) is 1. The first-order valence-electron chi connectivity index (χ1n) is 23.9. The molecule has 1 aromatic heterocycles. The van der Waals surface area contributed by atoms with Gasteiger partial charge in [-0.25, -0.2) is 0 Å². The number of halogens is 2. The predicted molar refractivity (Wildman–Crippen MR) is 265 cm³/mol. The number of imide groups is 2. The summed E-state index contributed by atoms with van der Waals surface area (Å²) in [5, 5.41) is 7.66. The maximum Gasteiger partial charge on any atom is 0.399 e. The lowest BCUT2D eigenvalue weighted by Gasteiger charge is -2.45. The summed E-state index contributed by atoms with van der Waals surface area (Å²) in [4.78, 5) is 145. The lowest BCUT2D eigenvalue weighted by atomic mass is 9.85. The standard InChI is InChI=1S/C51H52F2N7O13PS/c1-50(2,3)43(56-45(65)38-25-31-24-32(15-17-37(31)75-38)51(52,53)74(70,71)72)49(69)59-21-20-57(27-35(59)47(67)58-22-23-73-36(28-58)29-10-5-4-6-11-29)41(63)26-40(62)54-19-8-7-12-30-13-9-14-33-42(30)48(68)60(46(33)66)34-16-18-39(61)55-44(34)64/h4-6,9-11,13-15,17,24-25,34-36,43H,8,16,18-23,26-28H2,1-3H3,(H,54,62)(H,56,65)(H,55,61,64)(H2,70,71,72)/t34?,35-,36?,43+/m0/s1. The Morgan fingerprint density at radius 1 is 0.920 bits per heavy atom. The van der Waals surface area contributed by atoms with E-state index in [1.165, 1.54) is 40.1 Å². The van der Waals surface area contributed by atoms with E-state index in [2.05, 4.69) is 27.8 Å². The number of rotatable bonds is 12. The zero-order valence-electron chi connectivity index (χ0n) is 40.8. The van der Waals surface area contributed by atoms with Crippen LogP contribution in [0, 0.1) is 17.3 Å². The Labute approximate surface area is 432 Å². The van der Waals surface area contributed by atoms with Crippen LogP contribution >= 0.6 is 18.9 Å². The number of fused-ring (bicyclic) bond motifs is 2. The molecule has 0 saturated carbocycles. The van der Waals surface area contributed by atoms with Gasteiger partial charge in [-0.15, -0.1) is 11.3 Å². The molecular formula is C51H52F2N7O13PS. The first-order chi connectivity index (χ1) is 35.4. The van der Waals surface area contributed by atoms with Crippen LogP contribution < -0.4 is 16.0 Å². The zero-order chi connectivity index (χ0) is 54.1. The summed E-state index contributed by atoms with van der Waals surface area (Å²) in [6, 6.07) is 14.3. The normalized spacial score (nSPS) is 19.7. The van der Waals surface area contributed by atoms with Gasteiger partial charge in [0.05, 0.1) is 35.7 Å². The van der Waals surface area contributed by atoms with Gasteiger partial charge in [-0.1, -0.05) is 75.1 Å². The van der Waals surface area contributed by atoms with Crippen LogP contribution in [-0.2, 0) is 43.7 Å². The number of amides is 9. The van der Waals surface area contributed by atoms with Crippen LogP contribution in [0.2, 0.25) is 0 Å². The highest BCUT2D eigenvalue weighted by atomic mass is 32.1. The molecule has 4 aliphatic rings. The fraction of sp³-hybridized carbons (Fsp3) is 0.392. The fourth-order valence-electron chi connectivity index (χ4n) is 9.29. The highest BCUT2D eigenvalue weighted by Gasteiger charge is 2.51. The predicted octanol–water partition coefficient (Wildman–Crippen LogP) is 3.26. The second-order valence-electron chi connectivity index (χ2n) is 19.4. The van der Waals surface area contributed by atoms with Gasteiger partial charge in [0.25, 0.3) is 17.7 Å². The largest absolute Gasteiger partial charge is 0.399 e. The molecule has 3 saturated heterocycles. The average molecular weight is 1070 g/mol. The van der Waals surface area contributed by atoms with Gasteiger partial charge in [-0.05, 0) is 53.1 Å². The Hall–Kier alpha value is -7.22. The van der Waals surface area contributed by atoms with E-state index in [1.807, 2.05) is 30.3 Å². The molecule has 4 atom stereocenters. The highest BCUT2D eigenvalue weighted by molar-refractivity contribution is 7.52. The number of piperazine rings is 1. The van der Waals surface area contributed by atoms with Crippen LogP contribution in [0.4, 0.5) is 8.78 Å². The molecule has 0 radical (unpaired) electrons. The van der Waals surface area contributed by atoms with Crippen molar-refractivity contribution in [3.63, 3.8) is 0 Å². The van der Waals surface area contributed by atoms with Crippen LogP contribution in [0.3, 0.4) is 0 Å². The number of alkyl halides is 2. The first kappa shape index (κ1) is 54.1. The van der Waals surface area contributed by atoms with E-state index in [0.717, 1.165) is 33.9 Å². The summed E-state index contributed by atoms with van der Waals surface area (Å²) in [6.45, 7) is 4.96. The summed E-state index contributed by atoms with van der Waals surface area (Å²) in [5.41, 5.74) is -5.30. The summed E-state index contributed by atoms with van der Waals surface area (Å²) >= 11 is 0.905. The summed E-state index contributed by atoms with van der Waals surface area (Å²) < 4.78 is 47.1. The minimum Gasteiger partial charge on any atom is -0.370 e. The van der Waals surface area contributed by atoms with Crippen molar-refractivity contribution in [2.45, 2.75) is 76.3 Å². The van der Waals surface area contributed by atoms with Crippen molar-refractivity contribution >= 4 is 82.2 Å². The van der Waals surface area contributed by atoms with Gasteiger partial charge < -0.3 is 39.9 Å². The second kappa shape index (κ2) is 21.6. The van der Waals surface area contributed by atoms with Gasteiger partial charge >= 0.3 is 13.3 Å². The van der Waals surface area contributed by atoms with E-state index in [1.54, 1.807) is 25.7 Å². The molecule has 20 nitrogen and oxygen atoms in total. The van der Waals surface area contributed by atoms with Crippen LogP contribution in [0.25, 0.3) is 10.1 Å². The summed E-state index contributed by atoms with van der Waals surface area (Å²) in [7, 11) is -5.88. The third kappa shape index (κ3) is 11.4. The highest BCUT2D eigenvalue weighted by Crippen LogP contribution is 2.59. The van der Waals surface area contributed by atoms with E-state index in [-0.39, 0.29) is 92.1 Å². The maximum atomic E-state index is 14.8. The number of nitrogens with one attached hydrogen (secondary N) is 3. The first-order valence-corrected chi connectivity index (χ1v) is 26.3. The number of carbonyl (C=O) groups is 9. The number of hydrogen-bond acceptors (Lipinski definition) is 12. The topological polar surface area (TPSA) is 269 Å². The molecule has 5 N–H and O–H groups in total. The maximum absolute atomic E-state index is 14.8. The van der Waals surface area contributed by atoms with Crippen LogP contribution in [-0.4, -0.2) is 147 Å². The number of morpholine rings is 1. The van der Waals surface area contributed by atoms with Crippen LogP contribution in [0.1, 0.15) is 99.6 Å². The molecule has 2 unspecified atom stereocenters. The number of benzene rings is 3. The van der Waals surface area contributed by atoms with E-state index in [4.69, 9.17) is 4.74 Å². The van der Waals surface area contributed by atoms with Crippen molar-refractivity contribution in [3.05, 3.63) is 105 Å². The molecule has 3 fully saturated rings. The Balaban J connectivity index is 0.942. The van der Waals surface area contributed by atoms with Crippen LogP contribution in [0.5, 0.6) is 0 Å². The smallest absolute Gasteiger partial charge is 0.370 e. The van der Waals surface area contributed by atoms with Crippen molar-refractivity contribution in [1.82, 2.24) is 35.6 Å². The molecule has 75 heavy (non-hydrogen) atoms. The molecule has 8 rings (SSSR count). The molecule has 0 aliphatic carbocycles. The van der Waals surface area contributed by atoms with Gasteiger partial charge in [0, 0.05) is 54.8 Å². The van der Waals surface area contributed by atoms with Crippen molar-refractivity contribution in [2.75, 3.05) is 45.9 Å². The molecule has 5 heterocycles. The molecule has 394 valence electrons. The lowest BCUT2D eigenvalue weighted by molar-refractivity contribution is -0.158. The molecule has 3 aromatic carbocycles. The third-order valence-corrected chi connectivity index (χ3v) is 15.4. The van der Waals surface area contributed by atoms with Crippen LogP contribution in [0.15, 0.2) is 72.8 Å². The van der Waals surface area contributed by atoms with Gasteiger partial charge in [0.2, 0.25) is 35.4 Å². The summed E-state index contributed by atoms with van der Waals surface area (Å²) in [6.07, 6.45) is -1.10. The number of carbonyl (C=O) groups excluding carboxylic acids is 9. The van der Waals surface area contributed by atoms with Gasteiger partial charge in [0.15, 0.2) is 0 Å². The molecule has 9 amide bonds. The number of thiophene rings is 1. The molecular weight excluding hydrogens is 1020 g/mol. The molecule has 4 aliphatic heterocycles. The fourth-order valence-corrected chi connectivity index (χ4v) is 10.7. The van der Waals surface area contributed by atoms with Gasteiger partial charge in [-0.2, -0.15) is 8.78 Å². The zero-order valence-corrected chi connectivity index (χ0v) is 42.5. The van der Waals surface area contributed by atoms with Crippen molar-refractivity contribution < 1.29 is 71.0 Å². The number of nitrogens with zero attached hydrogens (tertiary/aromatic N) is 4. The molecule has 0 spiro atoms. The minimum absolute atomic E-state index is 0.00552.